The second-order valence-electron chi connectivity index (χ2n) is 9.61. The van der Waals surface area contributed by atoms with Crippen LogP contribution in [0.4, 0.5) is 13.6 Å². The van der Waals surface area contributed by atoms with Crippen LogP contribution in [0.5, 0.6) is 0 Å². The van der Waals surface area contributed by atoms with Crippen LogP contribution in [0.3, 0.4) is 0 Å². The Bertz CT molecular complexity index is 872. The number of hydrogen-bond donors (Lipinski definition) is 3. The predicted octanol–water partition coefficient (Wildman–Crippen LogP) is 2.45. The largest absolute Gasteiger partial charge is 0.465 e. The van der Waals surface area contributed by atoms with Crippen LogP contribution in [0, 0.1) is 16.7 Å². The third-order valence-corrected chi connectivity index (χ3v) is 6.75. The second kappa shape index (κ2) is 11.1. The maximum Gasteiger partial charge on any atom is 0.407 e. The fraction of sp³-hybridized carbons (Fsp3) is 0.625. The maximum atomic E-state index is 13.7. The number of rotatable bonds is 7. The molecule has 1 aromatic carbocycles. The summed E-state index contributed by atoms with van der Waals surface area (Å²) in [6, 6.07) is 9.49. The van der Waals surface area contributed by atoms with Crippen LogP contribution >= 0.6 is 0 Å². The van der Waals surface area contributed by atoms with E-state index in [9.17, 15) is 18.4 Å². The van der Waals surface area contributed by atoms with Gasteiger partial charge in [-0.15, -0.1) is 0 Å². The van der Waals surface area contributed by atoms with E-state index in [4.69, 9.17) is 16.1 Å². The zero-order valence-corrected chi connectivity index (χ0v) is 19.3. The first-order valence-electron chi connectivity index (χ1n) is 11.7. The van der Waals surface area contributed by atoms with E-state index in [0.717, 1.165) is 19.1 Å². The Morgan fingerprint density at radius 3 is 2.38 bits per heavy atom. The molecule has 186 valence electrons. The van der Waals surface area contributed by atoms with Crippen LogP contribution in [0.2, 0.25) is 0 Å². The molecule has 34 heavy (non-hydrogen) atoms. The number of nitrogens with two attached hydrogens (primary N) is 1. The first kappa shape index (κ1) is 25.8. The quantitative estimate of drug-likeness (QED) is 0.519. The van der Waals surface area contributed by atoms with Gasteiger partial charge in [0.05, 0.1) is 12.1 Å². The van der Waals surface area contributed by atoms with Crippen LogP contribution in [0.25, 0.3) is 0 Å². The standard InChI is InChI=1S/C13H15F2N3O.C11H18N2O2/c14-13(15,8-10-4-2-1-3-5-10)9-11(17)12(19)18-7-6-16;14-10(15)13-7-11(8-13)3-5-12(6-4-11)9-1-2-9/h1-5,11H,7-9,17H2,(H,18,19);9H,1-8H2,(H,14,15)/t11-;/m0./s1. The third-order valence-electron chi connectivity index (χ3n) is 6.75. The molecule has 1 aromatic rings. The molecule has 10 heteroatoms. The highest BCUT2D eigenvalue weighted by Gasteiger charge is 2.48. The van der Waals surface area contributed by atoms with E-state index >= 15 is 0 Å². The highest BCUT2D eigenvalue weighted by atomic mass is 19.3. The Labute approximate surface area is 198 Å². The van der Waals surface area contributed by atoms with Gasteiger partial charge in [0.2, 0.25) is 5.91 Å². The van der Waals surface area contributed by atoms with Gasteiger partial charge in [0, 0.05) is 37.4 Å². The van der Waals surface area contributed by atoms with Gasteiger partial charge in [-0.25, -0.2) is 13.6 Å². The molecule has 2 heterocycles. The lowest BCUT2D eigenvalue weighted by Gasteiger charge is -2.53. The molecular weight excluding hydrogens is 444 g/mol. The molecule has 1 saturated carbocycles. The molecule has 4 rings (SSSR count). The van der Waals surface area contributed by atoms with E-state index in [1.54, 1.807) is 41.3 Å². The van der Waals surface area contributed by atoms with Gasteiger partial charge in [-0.05, 0) is 44.3 Å². The van der Waals surface area contributed by atoms with Crippen molar-refractivity contribution < 1.29 is 23.5 Å². The van der Waals surface area contributed by atoms with Gasteiger partial charge in [-0.1, -0.05) is 30.3 Å². The first-order chi connectivity index (χ1) is 16.1. The highest BCUT2D eigenvalue weighted by molar-refractivity contribution is 5.81. The van der Waals surface area contributed by atoms with Gasteiger partial charge < -0.3 is 26.0 Å². The van der Waals surface area contributed by atoms with Crippen molar-refractivity contribution >= 4 is 12.0 Å². The molecule has 0 radical (unpaired) electrons. The van der Waals surface area contributed by atoms with E-state index in [1.807, 2.05) is 0 Å². The van der Waals surface area contributed by atoms with Crippen LogP contribution in [0.15, 0.2) is 30.3 Å². The smallest absolute Gasteiger partial charge is 0.407 e. The summed E-state index contributed by atoms with van der Waals surface area (Å²) < 4.78 is 27.4. The van der Waals surface area contributed by atoms with Crippen molar-refractivity contribution in [1.29, 1.82) is 5.26 Å². The summed E-state index contributed by atoms with van der Waals surface area (Å²) in [7, 11) is 0. The number of hydrogen-bond acceptors (Lipinski definition) is 5. The van der Waals surface area contributed by atoms with Crippen molar-refractivity contribution in [1.82, 2.24) is 15.1 Å². The topological polar surface area (TPSA) is 123 Å². The fourth-order valence-corrected chi connectivity index (χ4v) is 4.66. The fourth-order valence-electron chi connectivity index (χ4n) is 4.66. The summed E-state index contributed by atoms with van der Waals surface area (Å²) in [4.78, 5) is 26.2. The minimum atomic E-state index is -3.06. The Balaban J connectivity index is 0.000000195. The van der Waals surface area contributed by atoms with E-state index in [-0.39, 0.29) is 6.54 Å². The van der Waals surface area contributed by atoms with Crippen molar-refractivity contribution in [3.05, 3.63) is 35.9 Å². The average Bonchev–Trinajstić information content (AvgIpc) is 3.61. The van der Waals surface area contributed by atoms with Gasteiger partial charge in [0.15, 0.2) is 0 Å². The molecule has 0 unspecified atom stereocenters. The summed E-state index contributed by atoms with van der Waals surface area (Å²) in [6.45, 7) is 3.70. The number of carbonyl (C=O) groups is 2. The molecule has 3 fully saturated rings. The summed E-state index contributed by atoms with van der Waals surface area (Å²) in [5, 5.41) is 19.2. The zero-order valence-electron chi connectivity index (χ0n) is 19.3. The molecule has 8 nitrogen and oxygen atoms in total. The molecule has 4 N–H and O–H groups in total. The number of nitrogens with zero attached hydrogens (tertiary/aromatic N) is 3. The highest BCUT2D eigenvalue weighted by Crippen LogP contribution is 2.42. The molecule has 3 aliphatic rings. The van der Waals surface area contributed by atoms with Crippen LogP contribution in [0.1, 0.15) is 37.7 Å². The lowest BCUT2D eigenvalue weighted by atomic mass is 9.72. The summed E-state index contributed by atoms with van der Waals surface area (Å²) >= 11 is 0. The van der Waals surface area contributed by atoms with Crippen molar-refractivity contribution in [2.24, 2.45) is 11.1 Å². The van der Waals surface area contributed by atoms with E-state index in [0.29, 0.717) is 11.0 Å². The number of alkyl halides is 2. The molecule has 2 saturated heterocycles. The third kappa shape index (κ3) is 7.37. The van der Waals surface area contributed by atoms with Crippen LogP contribution in [-0.2, 0) is 11.2 Å². The van der Waals surface area contributed by atoms with Crippen LogP contribution < -0.4 is 11.1 Å². The van der Waals surface area contributed by atoms with Gasteiger partial charge in [-0.3, -0.25) is 4.79 Å². The van der Waals surface area contributed by atoms with E-state index in [2.05, 4.69) is 10.2 Å². The minimum absolute atomic E-state index is 0.239. The minimum Gasteiger partial charge on any atom is -0.465 e. The average molecular weight is 478 g/mol. The van der Waals surface area contributed by atoms with Crippen molar-refractivity contribution in [3.63, 3.8) is 0 Å². The molecular formula is C24H33F2N5O3. The number of piperidine rings is 1. The summed E-state index contributed by atoms with van der Waals surface area (Å²) in [6.07, 6.45) is 3.21. The Morgan fingerprint density at radius 1 is 1.24 bits per heavy atom. The molecule has 1 atom stereocenters. The Morgan fingerprint density at radius 2 is 1.85 bits per heavy atom. The number of nitriles is 1. The molecule has 0 bridgehead atoms. The zero-order chi connectivity index (χ0) is 24.8. The van der Waals surface area contributed by atoms with Gasteiger partial charge in [-0.2, -0.15) is 5.26 Å². The van der Waals surface area contributed by atoms with Gasteiger partial charge in [0.25, 0.3) is 5.92 Å². The van der Waals surface area contributed by atoms with Crippen molar-refractivity contribution in [2.75, 3.05) is 32.7 Å². The Kier molecular flexibility index (Phi) is 8.44. The number of benzene rings is 1. The lowest BCUT2D eigenvalue weighted by Crippen LogP contribution is -2.61. The number of nitrogens with one attached hydrogen (secondary N) is 1. The van der Waals surface area contributed by atoms with E-state index < -0.39 is 36.8 Å². The number of likely N-dealkylation sites (tertiary alicyclic amines) is 2. The normalized spacial score (nSPS) is 20.4. The molecule has 2 amide bonds. The van der Waals surface area contributed by atoms with Crippen LogP contribution in [-0.4, -0.2) is 77.6 Å². The monoisotopic (exact) mass is 477 g/mol. The lowest BCUT2D eigenvalue weighted by molar-refractivity contribution is -0.124. The molecule has 1 aliphatic carbocycles. The van der Waals surface area contributed by atoms with Gasteiger partial charge in [0.1, 0.15) is 6.54 Å². The summed E-state index contributed by atoms with van der Waals surface area (Å²) in [5.41, 5.74) is 6.23. The van der Waals surface area contributed by atoms with E-state index in [1.165, 1.54) is 38.8 Å². The van der Waals surface area contributed by atoms with Crippen molar-refractivity contribution in [2.45, 2.75) is 56.5 Å². The number of halogens is 2. The molecule has 2 aliphatic heterocycles. The first-order valence-corrected chi connectivity index (χ1v) is 11.7. The predicted molar refractivity (Wildman–Crippen MR) is 122 cm³/mol. The maximum absolute atomic E-state index is 13.7. The van der Waals surface area contributed by atoms with Crippen molar-refractivity contribution in [3.8, 4) is 6.07 Å². The summed E-state index contributed by atoms with van der Waals surface area (Å²) in [5.74, 6) is -3.81. The SMILES string of the molecule is N#CCNC(=O)[C@@H](N)CC(F)(F)Cc1ccccc1.O=C(O)N1CC2(CCN(C3CC3)CC2)C1. The molecule has 0 aromatic heterocycles. The number of amides is 2. The van der Waals surface area contributed by atoms with Gasteiger partial charge >= 0.3 is 6.09 Å². The number of carbonyl (C=O) groups excluding carboxylic acids is 1. The number of carboxylic acid groups (broad SMARTS) is 1. The second-order valence-corrected chi connectivity index (χ2v) is 9.61. The molecule has 1 spiro atoms. The Hall–Kier alpha value is -2.77.